The number of aromatic nitrogens is 2. The molecule has 1 atom stereocenters. The number of nitrogens with zero attached hydrogens (tertiary/aromatic N) is 2. The van der Waals surface area contributed by atoms with Crippen molar-refractivity contribution in [3.05, 3.63) is 52.8 Å². The highest BCUT2D eigenvalue weighted by atomic mass is 35.5. The molecule has 3 rings (SSSR count). The molecule has 2 aromatic carbocycles. The number of ether oxygens (including phenoxy) is 1. The van der Waals surface area contributed by atoms with Gasteiger partial charge >= 0.3 is 0 Å². The summed E-state index contributed by atoms with van der Waals surface area (Å²) in [7, 11) is 3.58. The first-order valence-electron chi connectivity index (χ1n) is 7.69. The van der Waals surface area contributed by atoms with Gasteiger partial charge in [-0.3, -0.25) is 0 Å². The molecule has 0 spiro atoms. The van der Waals surface area contributed by atoms with Crippen LogP contribution in [0.3, 0.4) is 0 Å². The van der Waals surface area contributed by atoms with Gasteiger partial charge in [-0.15, -0.1) is 0 Å². The molecule has 2 N–H and O–H groups in total. The molecule has 0 saturated heterocycles. The summed E-state index contributed by atoms with van der Waals surface area (Å²) in [5, 5.41) is 13.5. The molecule has 0 radical (unpaired) electrons. The largest absolute Gasteiger partial charge is 0.496 e. The van der Waals surface area contributed by atoms with Gasteiger partial charge in [-0.1, -0.05) is 11.6 Å². The van der Waals surface area contributed by atoms with Crippen LogP contribution in [0.15, 0.2) is 36.4 Å². The number of hydrogen-bond acceptors (Lipinski definition) is 4. The third-order valence-electron chi connectivity index (χ3n) is 4.10. The Labute approximate surface area is 145 Å². The summed E-state index contributed by atoms with van der Waals surface area (Å²) >= 11 is 6.05. The van der Waals surface area contributed by atoms with Gasteiger partial charge in [-0.05, 0) is 43.3 Å². The number of methoxy groups -OCH3 is 1. The Morgan fingerprint density at radius 2 is 2.08 bits per heavy atom. The van der Waals surface area contributed by atoms with E-state index in [0.29, 0.717) is 10.8 Å². The summed E-state index contributed by atoms with van der Waals surface area (Å²) in [6, 6.07) is 11.3. The number of aryl methyl sites for hydroxylation is 1. The van der Waals surface area contributed by atoms with Crippen LogP contribution in [0.4, 0.5) is 5.69 Å². The molecule has 126 valence electrons. The fourth-order valence-electron chi connectivity index (χ4n) is 2.89. The Balaban J connectivity index is 1.90. The first-order valence-corrected chi connectivity index (χ1v) is 8.07. The summed E-state index contributed by atoms with van der Waals surface area (Å²) < 4.78 is 7.29. The molecule has 0 aliphatic carbocycles. The Morgan fingerprint density at radius 1 is 1.29 bits per heavy atom. The summed E-state index contributed by atoms with van der Waals surface area (Å²) in [6.07, 6.45) is 0. The van der Waals surface area contributed by atoms with Crippen LogP contribution >= 0.6 is 11.6 Å². The van der Waals surface area contributed by atoms with Crippen molar-refractivity contribution in [1.82, 2.24) is 9.55 Å². The number of halogens is 1. The third kappa shape index (κ3) is 3.05. The number of rotatable bonds is 5. The van der Waals surface area contributed by atoms with E-state index in [2.05, 4.69) is 14.9 Å². The first kappa shape index (κ1) is 16.6. The quantitative estimate of drug-likeness (QED) is 0.736. The Bertz CT molecular complexity index is 876. The number of aliphatic hydroxyl groups excluding tert-OH is 1. The second-order valence-corrected chi connectivity index (χ2v) is 6.15. The third-order valence-corrected chi connectivity index (χ3v) is 4.33. The molecule has 0 bridgehead atoms. The molecule has 1 unspecified atom stereocenters. The van der Waals surface area contributed by atoms with Crippen molar-refractivity contribution in [2.24, 2.45) is 7.05 Å². The zero-order valence-electron chi connectivity index (χ0n) is 13.9. The van der Waals surface area contributed by atoms with Crippen LogP contribution in [0.1, 0.15) is 24.4 Å². The molecule has 0 fully saturated rings. The predicted octanol–water partition coefficient (Wildman–Crippen LogP) is 3.90. The van der Waals surface area contributed by atoms with Gasteiger partial charge in [0.2, 0.25) is 0 Å². The SMILES string of the molecule is COc1ccc(NC(C)c2nc3cc(Cl)ccc3n2C)cc1CO. The van der Waals surface area contributed by atoms with Crippen LogP contribution in [0, 0.1) is 0 Å². The van der Waals surface area contributed by atoms with Crippen molar-refractivity contribution in [3.63, 3.8) is 0 Å². The van der Waals surface area contributed by atoms with Gasteiger partial charge in [-0.25, -0.2) is 4.98 Å². The number of aliphatic hydroxyl groups is 1. The average molecular weight is 346 g/mol. The normalized spacial score (nSPS) is 12.4. The molecular formula is C18H20ClN3O2. The molecular weight excluding hydrogens is 326 g/mol. The number of nitrogens with one attached hydrogen (secondary N) is 1. The van der Waals surface area contributed by atoms with Gasteiger partial charge in [0.05, 0.1) is 30.8 Å². The van der Waals surface area contributed by atoms with Crippen LogP contribution in [-0.2, 0) is 13.7 Å². The fourth-order valence-corrected chi connectivity index (χ4v) is 3.05. The minimum absolute atomic E-state index is 0.0129. The maximum atomic E-state index is 9.45. The van der Waals surface area contributed by atoms with Crippen molar-refractivity contribution in [1.29, 1.82) is 0 Å². The number of anilines is 1. The van der Waals surface area contributed by atoms with Gasteiger partial charge < -0.3 is 19.7 Å². The lowest BCUT2D eigenvalue weighted by Crippen LogP contribution is -2.12. The van der Waals surface area contributed by atoms with E-state index >= 15 is 0 Å². The zero-order chi connectivity index (χ0) is 17.3. The monoisotopic (exact) mass is 345 g/mol. The number of benzene rings is 2. The summed E-state index contributed by atoms with van der Waals surface area (Å²) in [4.78, 5) is 4.69. The zero-order valence-corrected chi connectivity index (χ0v) is 14.6. The molecule has 6 heteroatoms. The average Bonchev–Trinajstić information content (AvgIpc) is 2.90. The van der Waals surface area contributed by atoms with Crippen molar-refractivity contribution >= 4 is 28.3 Å². The van der Waals surface area contributed by atoms with E-state index in [4.69, 9.17) is 16.3 Å². The van der Waals surface area contributed by atoms with E-state index in [1.54, 1.807) is 7.11 Å². The summed E-state index contributed by atoms with van der Waals surface area (Å²) in [6.45, 7) is 1.98. The van der Waals surface area contributed by atoms with Gasteiger partial charge in [0.1, 0.15) is 11.6 Å². The standard InChI is InChI=1S/C18H20ClN3O2/c1-11(20-14-5-7-17(24-3)12(8-14)10-23)18-21-15-9-13(19)4-6-16(15)22(18)2/h4-9,11,20,23H,10H2,1-3H3. The van der Waals surface area contributed by atoms with E-state index in [1.165, 1.54) is 0 Å². The molecule has 1 heterocycles. The highest BCUT2D eigenvalue weighted by Crippen LogP contribution is 2.27. The Hall–Kier alpha value is -2.24. The Kier molecular flexibility index (Phi) is 4.64. The van der Waals surface area contributed by atoms with Crippen LogP contribution in [0.25, 0.3) is 11.0 Å². The minimum atomic E-state index is -0.0716. The van der Waals surface area contributed by atoms with Crippen LogP contribution in [0.2, 0.25) is 5.02 Å². The molecule has 0 saturated carbocycles. The summed E-state index contributed by atoms with van der Waals surface area (Å²) in [5.74, 6) is 1.58. The number of hydrogen-bond donors (Lipinski definition) is 2. The van der Waals surface area contributed by atoms with Crippen molar-refractivity contribution in [3.8, 4) is 5.75 Å². The van der Waals surface area contributed by atoms with E-state index < -0.39 is 0 Å². The highest BCUT2D eigenvalue weighted by Gasteiger charge is 2.15. The predicted molar refractivity (Wildman–Crippen MR) is 96.7 cm³/mol. The first-order chi connectivity index (χ1) is 11.5. The molecule has 5 nitrogen and oxygen atoms in total. The topological polar surface area (TPSA) is 59.3 Å². The van der Waals surface area contributed by atoms with Crippen molar-refractivity contribution in [2.45, 2.75) is 19.6 Å². The van der Waals surface area contributed by atoms with Gasteiger partial charge in [-0.2, -0.15) is 0 Å². The van der Waals surface area contributed by atoms with Crippen molar-refractivity contribution < 1.29 is 9.84 Å². The molecule has 24 heavy (non-hydrogen) atoms. The second kappa shape index (κ2) is 6.71. The molecule has 1 aromatic heterocycles. The van der Waals surface area contributed by atoms with Gasteiger partial charge in [0.15, 0.2) is 0 Å². The molecule has 0 aliphatic rings. The molecule has 0 aliphatic heterocycles. The lowest BCUT2D eigenvalue weighted by molar-refractivity contribution is 0.274. The lowest BCUT2D eigenvalue weighted by atomic mass is 10.1. The van der Waals surface area contributed by atoms with E-state index in [1.807, 2.05) is 50.4 Å². The van der Waals surface area contributed by atoms with Gasteiger partial charge in [0.25, 0.3) is 0 Å². The molecule has 0 amide bonds. The lowest BCUT2D eigenvalue weighted by Gasteiger charge is -2.17. The van der Waals surface area contributed by atoms with Crippen molar-refractivity contribution in [2.75, 3.05) is 12.4 Å². The van der Waals surface area contributed by atoms with Crippen LogP contribution < -0.4 is 10.1 Å². The number of imidazole rings is 1. The molecule has 3 aromatic rings. The smallest absolute Gasteiger partial charge is 0.131 e. The number of fused-ring (bicyclic) bond motifs is 1. The second-order valence-electron chi connectivity index (χ2n) is 5.71. The van der Waals surface area contributed by atoms with Gasteiger partial charge in [0, 0.05) is 23.3 Å². The van der Waals surface area contributed by atoms with E-state index in [0.717, 1.165) is 28.1 Å². The van der Waals surface area contributed by atoms with E-state index in [-0.39, 0.29) is 12.6 Å². The van der Waals surface area contributed by atoms with Crippen LogP contribution in [-0.4, -0.2) is 21.8 Å². The van der Waals surface area contributed by atoms with E-state index in [9.17, 15) is 5.11 Å². The van der Waals surface area contributed by atoms with Crippen LogP contribution in [0.5, 0.6) is 5.75 Å². The highest BCUT2D eigenvalue weighted by molar-refractivity contribution is 6.31. The maximum Gasteiger partial charge on any atom is 0.131 e. The summed E-state index contributed by atoms with van der Waals surface area (Å²) in [5.41, 5.74) is 3.55. The fraction of sp³-hybridized carbons (Fsp3) is 0.278. The Morgan fingerprint density at radius 3 is 2.79 bits per heavy atom. The maximum absolute atomic E-state index is 9.45. The minimum Gasteiger partial charge on any atom is -0.496 e.